The van der Waals surface area contributed by atoms with Crippen LogP contribution in [0, 0.1) is 0 Å². The number of alkyl halides is 3. The van der Waals surface area contributed by atoms with E-state index in [4.69, 9.17) is 23.2 Å². The predicted octanol–water partition coefficient (Wildman–Crippen LogP) is 5.85. The molecule has 0 radical (unpaired) electrons. The van der Waals surface area contributed by atoms with Gasteiger partial charge in [0.15, 0.2) is 0 Å². The Kier molecular flexibility index (Phi) is 7.02. The van der Waals surface area contributed by atoms with Gasteiger partial charge in [-0.05, 0) is 42.5 Å². The Bertz CT molecular complexity index is 1240. The van der Waals surface area contributed by atoms with Crippen molar-refractivity contribution in [2.75, 3.05) is 16.2 Å². The Balaban J connectivity index is 2.01. The lowest BCUT2D eigenvalue weighted by Gasteiger charge is -2.25. The fourth-order valence-electron chi connectivity index (χ4n) is 2.79. The average Bonchev–Trinajstić information content (AvgIpc) is 2.75. The van der Waals surface area contributed by atoms with E-state index < -0.39 is 34.2 Å². The number of nitrogens with one attached hydrogen (secondary N) is 1. The molecule has 0 spiro atoms. The molecule has 0 aliphatic carbocycles. The summed E-state index contributed by atoms with van der Waals surface area (Å²) in [4.78, 5) is 12.5. The summed E-state index contributed by atoms with van der Waals surface area (Å²) >= 11 is 12.0. The SMILES string of the molecule is O=C(CN(c1cccc(C(F)(F)F)c1)S(=O)(=O)c1ccccc1)Nc1cccc(Cl)c1Cl. The zero-order chi connectivity index (χ0) is 23.5. The van der Waals surface area contributed by atoms with Gasteiger partial charge in [0.05, 0.1) is 31.9 Å². The first-order valence-corrected chi connectivity index (χ1v) is 11.2. The zero-order valence-corrected chi connectivity index (χ0v) is 18.4. The molecule has 0 bridgehead atoms. The van der Waals surface area contributed by atoms with E-state index in [0.717, 1.165) is 12.1 Å². The molecule has 0 unspecified atom stereocenters. The quantitative estimate of drug-likeness (QED) is 0.459. The largest absolute Gasteiger partial charge is 0.416 e. The van der Waals surface area contributed by atoms with E-state index in [1.54, 1.807) is 6.07 Å². The van der Waals surface area contributed by atoms with Crippen molar-refractivity contribution in [2.45, 2.75) is 11.1 Å². The lowest BCUT2D eigenvalue weighted by molar-refractivity contribution is -0.137. The average molecular weight is 503 g/mol. The molecular weight excluding hydrogens is 488 g/mol. The van der Waals surface area contributed by atoms with Crippen molar-refractivity contribution in [3.05, 3.63) is 88.4 Å². The van der Waals surface area contributed by atoms with Crippen molar-refractivity contribution in [3.63, 3.8) is 0 Å². The van der Waals surface area contributed by atoms with Crippen molar-refractivity contribution in [1.82, 2.24) is 0 Å². The van der Waals surface area contributed by atoms with E-state index in [2.05, 4.69) is 5.32 Å². The molecule has 3 aromatic rings. The second-order valence-corrected chi connectivity index (χ2v) is 9.17. The van der Waals surface area contributed by atoms with E-state index in [1.807, 2.05) is 0 Å². The summed E-state index contributed by atoms with van der Waals surface area (Å²) in [5, 5.41) is 2.64. The highest BCUT2D eigenvalue weighted by molar-refractivity contribution is 7.92. The van der Waals surface area contributed by atoms with Gasteiger partial charge in [0.2, 0.25) is 5.91 Å². The molecule has 0 aliphatic rings. The molecule has 0 heterocycles. The summed E-state index contributed by atoms with van der Waals surface area (Å²) in [6.07, 6.45) is -4.70. The van der Waals surface area contributed by atoms with Crippen LogP contribution in [0.3, 0.4) is 0 Å². The van der Waals surface area contributed by atoms with Gasteiger partial charge in [-0.1, -0.05) is 53.5 Å². The maximum atomic E-state index is 13.2. The maximum absolute atomic E-state index is 13.2. The highest BCUT2D eigenvalue weighted by Gasteiger charge is 2.33. The number of amides is 1. The molecule has 0 atom stereocenters. The molecule has 5 nitrogen and oxygen atoms in total. The monoisotopic (exact) mass is 502 g/mol. The number of rotatable bonds is 6. The summed E-state index contributed by atoms with van der Waals surface area (Å²) < 4.78 is 66.7. The number of sulfonamides is 1. The topological polar surface area (TPSA) is 66.5 Å². The summed E-state index contributed by atoms with van der Waals surface area (Å²) in [6.45, 7) is -0.804. The number of anilines is 2. The lowest BCUT2D eigenvalue weighted by Crippen LogP contribution is -2.38. The van der Waals surface area contributed by atoms with Gasteiger partial charge in [-0.2, -0.15) is 13.2 Å². The normalized spacial score (nSPS) is 11.8. The second-order valence-electron chi connectivity index (χ2n) is 6.52. The van der Waals surface area contributed by atoms with Crippen LogP contribution in [0.25, 0.3) is 0 Å². The molecule has 1 N–H and O–H groups in total. The van der Waals surface area contributed by atoms with Gasteiger partial charge in [0, 0.05) is 0 Å². The third-order valence-electron chi connectivity index (χ3n) is 4.31. The standard InChI is InChI=1S/C21H15Cl2F3N2O3S/c22-17-10-5-11-18(20(17)23)27-19(29)13-28(32(30,31)16-8-2-1-3-9-16)15-7-4-6-14(12-15)21(24,25)26/h1-12H,13H2,(H,27,29). The first kappa shape index (κ1) is 23.9. The second kappa shape index (κ2) is 9.40. The summed E-state index contributed by atoms with van der Waals surface area (Å²) in [5.74, 6) is -0.828. The maximum Gasteiger partial charge on any atom is 0.416 e. The number of hydrogen-bond donors (Lipinski definition) is 1. The van der Waals surface area contributed by atoms with Gasteiger partial charge in [-0.15, -0.1) is 0 Å². The van der Waals surface area contributed by atoms with E-state index in [1.165, 1.54) is 48.5 Å². The van der Waals surface area contributed by atoms with Crippen molar-refractivity contribution >= 4 is 50.5 Å². The van der Waals surface area contributed by atoms with Crippen LogP contribution in [0.1, 0.15) is 5.56 Å². The van der Waals surface area contributed by atoms with E-state index in [9.17, 15) is 26.4 Å². The van der Waals surface area contributed by atoms with Gasteiger partial charge >= 0.3 is 6.18 Å². The van der Waals surface area contributed by atoms with Crippen LogP contribution in [0.2, 0.25) is 10.0 Å². The van der Waals surface area contributed by atoms with Crippen molar-refractivity contribution in [1.29, 1.82) is 0 Å². The lowest BCUT2D eigenvalue weighted by atomic mass is 10.2. The molecule has 0 aromatic heterocycles. The Hall–Kier alpha value is -2.75. The summed E-state index contributed by atoms with van der Waals surface area (Å²) in [6, 6.07) is 15.3. The molecule has 0 saturated heterocycles. The van der Waals surface area contributed by atoms with Crippen molar-refractivity contribution in [2.24, 2.45) is 0 Å². The van der Waals surface area contributed by atoms with Crippen LogP contribution in [-0.4, -0.2) is 20.9 Å². The Morgan fingerprint density at radius 1 is 0.938 bits per heavy atom. The van der Waals surface area contributed by atoms with Crippen LogP contribution in [0.4, 0.5) is 24.5 Å². The minimum atomic E-state index is -4.70. The third kappa shape index (κ3) is 5.35. The van der Waals surface area contributed by atoms with Gasteiger partial charge in [-0.3, -0.25) is 9.10 Å². The number of nitrogens with zero attached hydrogens (tertiary/aromatic N) is 1. The third-order valence-corrected chi connectivity index (χ3v) is 6.91. The molecule has 0 saturated carbocycles. The molecule has 0 fully saturated rings. The van der Waals surface area contributed by atoms with Gasteiger partial charge in [-0.25, -0.2) is 8.42 Å². The van der Waals surface area contributed by atoms with Crippen LogP contribution in [0.15, 0.2) is 77.7 Å². The van der Waals surface area contributed by atoms with E-state index in [-0.39, 0.29) is 26.3 Å². The van der Waals surface area contributed by atoms with E-state index in [0.29, 0.717) is 10.4 Å². The number of benzene rings is 3. The number of halogens is 5. The minimum Gasteiger partial charge on any atom is -0.323 e. The van der Waals surface area contributed by atoms with Crippen molar-refractivity contribution < 1.29 is 26.4 Å². The number of carbonyl (C=O) groups is 1. The summed E-state index contributed by atoms with van der Waals surface area (Å²) in [5.41, 5.74) is -1.25. The predicted molar refractivity (Wildman–Crippen MR) is 118 cm³/mol. The van der Waals surface area contributed by atoms with Crippen LogP contribution in [0.5, 0.6) is 0 Å². The molecule has 3 aromatic carbocycles. The number of hydrogen-bond acceptors (Lipinski definition) is 3. The zero-order valence-electron chi connectivity index (χ0n) is 16.1. The fraction of sp³-hybridized carbons (Fsp3) is 0.0952. The molecule has 168 valence electrons. The fourth-order valence-corrected chi connectivity index (χ4v) is 4.57. The van der Waals surface area contributed by atoms with Crippen LogP contribution < -0.4 is 9.62 Å². The van der Waals surface area contributed by atoms with Gasteiger partial charge < -0.3 is 5.32 Å². The Morgan fingerprint density at radius 2 is 1.59 bits per heavy atom. The van der Waals surface area contributed by atoms with Crippen LogP contribution >= 0.6 is 23.2 Å². The molecule has 11 heteroatoms. The Morgan fingerprint density at radius 3 is 2.25 bits per heavy atom. The smallest absolute Gasteiger partial charge is 0.323 e. The van der Waals surface area contributed by atoms with E-state index >= 15 is 0 Å². The summed E-state index contributed by atoms with van der Waals surface area (Å²) in [7, 11) is -4.38. The van der Waals surface area contributed by atoms with Gasteiger partial charge in [0.1, 0.15) is 6.54 Å². The molecule has 0 aliphatic heterocycles. The Labute approximate surface area is 192 Å². The van der Waals surface area contributed by atoms with Crippen LogP contribution in [-0.2, 0) is 21.0 Å². The molecule has 3 rings (SSSR count). The first-order chi connectivity index (χ1) is 15.0. The minimum absolute atomic E-state index is 0.0408. The number of carbonyl (C=O) groups excluding carboxylic acids is 1. The highest BCUT2D eigenvalue weighted by Crippen LogP contribution is 2.34. The van der Waals surface area contributed by atoms with Crippen molar-refractivity contribution in [3.8, 4) is 0 Å². The van der Waals surface area contributed by atoms with Gasteiger partial charge in [0.25, 0.3) is 10.0 Å². The molecule has 1 amide bonds. The molecule has 32 heavy (non-hydrogen) atoms. The first-order valence-electron chi connectivity index (χ1n) is 8.99. The molecular formula is C21H15Cl2F3N2O3S. The highest BCUT2D eigenvalue weighted by atomic mass is 35.5.